The highest BCUT2D eigenvalue weighted by atomic mass is 31.2. The van der Waals surface area contributed by atoms with Crippen LogP contribution in [0.5, 0.6) is 0 Å². The molecule has 5 atom stereocenters. The number of carbonyl (C=O) groups is 4. The highest BCUT2D eigenvalue weighted by Crippen LogP contribution is 2.45. The number of unbranched alkanes of at least 4 members (excludes halogenated alkanes) is 25. The van der Waals surface area contributed by atoms with E-state index < -0.39 is 97.5 Å². The molecule has 0 fully saturated rings. The lowest BCUT2D eigenvalue weighted by Crippen LogP contribution is -2.30. The zero-order valence-corrected chi connectivity index (χ0v) is 47.3. The monoisotopic (exact) mass is 1070 g/mol. The average molecular weight is 1070 g/mol. The Morgan fingerprint density at radius 3 is 0.944 bits per heavy atom. The van der Waals surface area contributed by atoms with Crippen molar-refractivity contribution in [3.63, 3.8) is 0 Å². The highest BCUT2D eigenvalue weighted by molar-refractivity contribution is 7.47. The minimum Gasteiger partial charge on any atom is -0.462 e. The molecule has 72 heavy (non-hydrogen) atoms. The van der Waals surface area contributed by atoms with Crippen LogP contribution in [-0.4, -0.2) is 96.7 Å². The van der Waals surface area contributed by atoms with E-state index in [1.54, 1.807) is 0 Å². The minimum atomic E-state index is -4.93. The molecule has 0 rings (SSSR count). The van der Waals surface area contributed by atoms with Crippen LogP contribution >= 0.6 is 15.6 Å². The summed E-state index contributed by atoms with van der Waals surface area (Å²) in [5.74, 6) is -1.44. The lowest BCUT2D eigenvalue weighted by atomic mass is 10.0. The molecule has 0 saturated carbocycles. The van der Waals surface area contributed by atoms with E-state index in [9.17, 15) is 43.2 Å². The van der Waals surface area contributed by atoms with Crippen LogP contribution in [0.2, 0.25) is 0 Å². The first-order valence-corrected chi connectivity index (χ1v) is 31.1. The van der Waals surface area contributed by atoms with Gasteiger partial charge in [-0.05, 0) is 31.6 Å². The number of phosphoric acid groups is 2. The normalized spacial score (nSPS) is 14.6. The van der Waals surface area contributed by atoms with Gasteiger partial charge in [-0.2, -0.15) is 0 Å². The summed E-state index contributed by atoms with van der Waals surface area (Å²) in [4.78, 5) is 71.1. The van der Waals surface area contributed by atoms with E-state index in [1.807, 2.05) is 0 Å². The van der Waals surface area contributed by atoms with Gasteiger partial charge in [0.15, 0.2) is 12.2 Å². The summed E-state index contributed by atoms with van der Waals surface area (Å²) in [5.41, 5.74) is 0. The SMILES string of the molecule is CCCCCCCCCCCCC(=O)OC[C@H](COP(=O)(O)OC[C@@H](O)COP(=O)(O)OC[C@@H](COC(=O)CCCCCCC)OC(=O)CCCCCCC)OC(=O)CCCCCCCCCCCC(C)C. The van der Waals surface area contributed by atoms with Crippen molar-refractivity contribution in [1.29, 1.82) is 0 Å². The van der Waals surface area contributed by atoms with E-state index in [1.165, 1.54) is 70.6 Å². The van der Waals surface area contributed by atoms with Gasteiger partial charge in [-0.25, -0.2) is 9.13 Å². The number of ether oxygens (including phenoxy) is 4. The molecule has 0 aromatic carbocycles. The molecule has 0 aliphatic heterocycles. The zero-order chi connectivity index (χ0) is 53.6. The Morgan fingerprint density at radius 1 is 0.375 bits per heavy atom. The topological polar surface area (TPSA) is 237 Å². The van der Waals surface area contributed by atoms with E-state index in [0.29, 0.717) is 25.7 Å². The van der Waals surface area contributed by atoms with Crippen LogP contribution in [0.25, 0.3) is 0 Å². The largest absolute Gasteiger partial charge is 0.472 e. The van der Waals surface area contributed by atoms with Gasteiger partial charge >= 0.3 is 39.5 Å². The van der Waals surface area contributed by atoms with Crippen molar-refractivity contribution in [2.75, 3.05) is 39.6 Å². The number of phosphoric ester groups is 2. The van der Waals surface area contributed by atoms with E-state index in [-0.39, 0.29) is 25.7 Å². The molecule has 426 valence electrons. The van der Waals surface area contributed by atoms with Crippen molar-refractivity contribution >= 4 is 39.5 Å². The molecule has 0 bridgehead atoms. The maximum atomic E-state index is 12.9. The van der Waals surface area contributed by atoms with Gasteiger partial charge in [-0.15, -0.1) is 0 Å². The molecule has 19 heteroatoms. The van der Waals surface area contributed by atoms with Gasteiger partial charge in [0.05, 0.1) is 26.4 Å². The first-order chi connectivity index (χ1) is 34.5. The second-order valence-electron chi connectivity index (χ2n) is 19.7. The Morgan fingerprint density at radius 2 is 0.639 bits per heavy atom. The van der Waals surface area contributed by atoms with Gasteiger partial charge in [0.25, 0.3) is 0 Å². The number of rotatable bonds is 53. The van der Waals surface area contributed by atoms with Gasteiger partial charge in [0, 0.05) is 25.7 Å². The molecule has 0 heterocycles. The molecule has 0 aliphatic rings. The summed E-state index contributed by atoms with van der Waals surface area (Å²) >= 11 is 0. The molecule has 2 unspecified atom stereocenters. The lowest BCUT2D eigenvalue weighted by molar-refractivity contribution is -0.161. The molecule has 0 radical (unpaired) electrons. The van der Waals surface area contributed by atoms with Crippen molar-refractivity contribution in [3.8, 4) is 0 Å². The molecule has 0 amide bonds. The second-order valence-corrected chi connectivity index (χ2v) is 22.6. The molecular formula is C53H102O17P2. The number of aliphatic hydroxyl groups excluding tert-OH is 1. The van der Waals surface area contributed by atoms with Gasteiger partial charge in [-0.3, -0.25) is 37.3 Å². The number of aliphatic hydroxyl groups is 1. The third-order valence-corrected chi connectivity index (χ3v) is 13.9. The summed E-state index contributed by atoms with van der Waals surface area (Å²) in [6.45, 7) is 6.89. The van der Waals surface area contributed by atoms with E-state index in [2.05, 4.69) is 34.6 Å². The Bertz CT molecular complexity index is 1430. The fourth-order valence-corrected chi connectivity index (χ4v) is 9.22. The third kappa shape index (κ3) is 47.8. The predicted molar refractivity (Wildman–Crippen MR) is 280 cm³/mol. The van der Waals surface area contributed by atoms with Crippen molar-refractivity contribution in [3.05, 3.63) is 0 Å². The smallest absolute Gasteiger partial charge is 0.462 e. The van der Waals surface area contributed by atoms with Crippen LogP contribution < -0.4 is 0 Å². The van der Waals surface area contributed by atoms with Gasteiger partial charge in [-0.1, -0.05) is 202 Å². The van der Waals surface area contributed by atoms with Crippen LogP contribution in [0.3, 0.4) is 0 Å². The summed E-state index contributed by atoms with van der Waals surface area (Å²) < 4.78 is 67.1. The minimum absolute atomic E-state index is 0.0986. The van der Waals surface area contributed by atoms with Gasteiger partial charge in [0.1, 0.15) is 19.3 Å². The van der Waals surface area contributed by atoms with Gasteiger partial charge < -0.3 is 33.8 Å². The van der Waals surface area contributed by atoms with Crippen LogP contribution in [0.15, 0.2) is 0 Å². The molecular weight excluding hydrogens is 971 g/mol. The van der Waals surface area contributed by atoms with Crippen LogP contribution in [0.1, 0.15) is 253 Å². The van der Waals surface area contributed by atoms with Crippen molar-refractivity contribution < 1.29 is 80.2 Å². The lowest BCUT2D eigenvalue weighted by Gasteiger charge is -2.21. The fraction of sp³-hybridized carbons (Fsp3) is 0.925. The quantitative estimate of drug-likeness (QED) is 0.0222. The summed E-state index contributed by atoms with van der Waals surface area (Å²) in [5, 5.41) is 10.4. The maximum Gasteiger partial charge on any atom is 0.472 e. The third-order valence-electron chi connectivity index (χ3n) is 12.0. The van der Waals surface area contributed by atoms with Crippen LogP contribution in [-0.2, 0) is 65.4 Å². The Kier molecular flexibility index (Phi) is 46.2. The number of hydrogen-bond acceptors (Lipinski definition) is 15. The average Bonchev–Trinajstić information content (AvgIpc) is 3.34. The molecule has 0 saturated heterocycles. The fourth-order valence-electron chi connectivity index (χ4n) is 7.64. The Balaban J connectivity index is 5.15. The Hall–Kier alpha value is -1.94. The number of esters is 4. The standard InChI is InChI=1S/C53H102O17P2/c1-6-9-12-15-16-17-20-23-28-32-37-51(56)64-43-49(70-53(58)39-34-29-24-21-18-19-22-27-30-35-46(4)5)45-68-72(61,62)66-41-47(54)40-65-71(59,60)67-44-48(69-52(57)38-33-26-14-11-8-3)42-63-50(55)36-31-25-13-10-7-2/h46-49,54H,6-45H2,1-5H3,(H,59,60)(H,61,62)/t47-,48+,49+/m0/s1. The van der Waals surface area contributed by atoms with E-state index >= 15 is 0 Å². The molecule has 0 spiro atoms. The number of carbonyl (C=O) groups excluding carboxylic acids is 4. The molecule has 0 aliphatic carbocycles. The first kappa shape index (κ1) is 70.1. The van der Waals surface area contributed by atoms with E-state index in [4.69, 9.17) is 37.0 Å². The van der Waals surface area contributed by atoms with Crippen LogP contribution in [0.4, 0.5) is 0 Å². The van der Waals surface area contributed by atoms with E-state index in [0.717, 1.165) is 102 Å². The maximum absolute atomic E-state index is 12.9. The van der Waals surface area contributed by atoms with Crippen LogP contribution in [0, 0.1) is 5.92 Å². The molecule has 0 aromatic heterocycles. The predicted octanol–water partition coefficient (Wildman–Crippen LogP) is 13.5. The summed E-state index contributed by atoms with van der Waals surface area (Å²) in [6.07, 6.45) is 27.4. The van der Waals surface area contributed by atoms with Crippen molar-refractivity contribution in [2.24, 2.45) is 5.92 Å². The highest BCUT2D eigenvalue weighted by Gasteiger charge is 2.30. The molecule has 3 N–H and O–H groups in total. The first-order valence-electron chi connectivity index (χ1n) is 28.1. The summed E-state index contributed by atoms with van der Waals surface area (Å²) in [7, 11) is -9.84. The van der Waals surface area contributed by atoms with Gasteiger partial charge in [0.2, 0.25) is 0 Å². The Labute approximate surface area is 435 Å². The zero-order valence-electron chi connectivity index (χ0n) is 45.5. The number of hydrogen-bond donors (Lipinski definition) is 3. The van der Waals surface area contributed by atoms with Crippen molar-refractivity contribution in [1.82, 2.24) is 0 Å². The molecule has 17 nitrogen and oxygen atoms in total. The molecule has 0 aromatic rings. The van der Waals surface area contributed by atoms with Crippen molar-refractivity contribution in [2.45, 2.75) is 271 Å². The summed E-state index contributed by atoms with van der Waals surface area (Å²) in [6, 6.07) is 0. The second kappa shape index (κ2) is 47.5.